The van der Waals surface area contributed by atoms with Crippen molar-refractivity contribution >= 4 is 0 Å². The number of nitrogens with two attached hydrogens (primary N) is 1. The van der Waals surface area contributed by atoms with Gasteiger partial charge in [0.2, 0.25) is 0 Å². The van der Waals surface area contributed by atoms with Crippen LogP contribution in [0.1, 0.15) is 13.8 Å². The molecule has 0 aromatic heterocycles. The molecule has 0 aliphatic carbocycles. The molecule has 0 aromatic rings. The zero-order valence-corrected chi connectivity index (χ0v) is 8.38. The second-order valence-electron chi connectivity index (χ2n) is 2.80. The van der Waals surface area contributed by atoms with Crippen molar-refractivity contribution in [2.75, 3.05) is 0 Å². The van der Waals surface area contributed by atoms with Gasteiger partial charge in [-0.25, -0.2) is 0 Å². The fourth-order valence-electron chi connectivity index (χ4n) is 0.903. The minimum atomic E-state index is 0.713. The molecular weight excluding hydrogens is 158 g/mol. The van der Waals surface area contributed by atoms with Gasteiger partial charge in [0.05, 0.1) is 0 Å². The molecule has 0 spiro atoms. The van der Waals surface area contributed by atoms with Gasteiger partial charge in [0, 0.05) is 5.70 Å². The van der Waals surface area contributed by atoms with Crippen LogP contribution in [0.3, 0.4) is 0 Å². The van der Waals surface area contributed by atoms with E-state index in [1.54, 1.807) is 6.08 Å². The van der Waals surface area contributed by atoms with Gasteiger partial charge in [-0.2, -0.15) is 0 Å². The molecule has 1 nitrogen and oxygen atoms in total. The van der Waals surface area contributed by atoms with Gasteiger partial charge >= 0.3 is 0 Å². The van der Waals surface area contributed by atoms with Gasteiger partial charge in [0.1, 0.15) is 0 Å². The first-order valence-electron chi connectivity index (χ1n) is 4.20. The van der Waals surface area contributed by atoms with E-state index >= 15 is 0 Å². The smallest absolute Gasteiger partial charge is 0.0389 e. The second kappa shape index (κ2) is 6.06. The highest BCUT2D eigenvalue weighted by atomic mass is 14.6. The summed E-state index contributed by atoms with van der Waals surface area (Å²) in [5, 5.41) is 0. The van der Waals surface area contributed by atoms with Gasteiger partial charge in [-0.3, -0.25) is 0 Å². The van der Waals surface area contributed by atoms with Crippen LogP contribution in [-0.2, 0) is 0 Å². The van der Waals surface area contributed by atoms with E-state index < -0.39 is 0 Å². The van der Waals surface area contributed by atoms with Crippen molar-refractivity contribution in [1.82, 2.24) is 0 Å². The molecule has 0 saturated carbocycles. The summed E-state index contributed by atoms with van der Waals surface area (Å²) in [5.41, 5.74) is 8.44. The zero-order chi connectivity index (χ0) is 10.3. The Balaban J connectivity index is 4.85. The van der Waals surface area contributed by atoms with Gasteiger partial charge in [-0.1, -0.05) is 43.0 Å². The Kier molecular flexibility index (Phi) is 5.37. The molecule has 0 saturated heterocycles. The molecule has 0 aliphatic heterocycles. The Morgan fingerprint density at radius 2 is 2.00 bits per heavy atom. The molecule has 0 rings (SSSR count). The largest absolute Gasteiger partial charge is 0.398 e. The molecule has 0 bridgehead atoms. The first-order valence-corrected chi connectivity index (χ1v) is 4.20. The molecule has 0 unspecified atom stereocenters. The molecule has 1 heteroatoms. The van der Waals surface area contributed by atoms with Crippen molar-refractivity contribution in [1.29, 1.82) is 0 Å². The number of hydrogen-bond donors (Lipinski definition) is 1. The zero-order valence-electron chi connectivity index (χ0n) is 8.38. The fraction of sp³-hybridized carbons (Fsp3) is 0.167. The molecule has 0 amide bonds. The first-order chi connectivity index (χ1) is 6.11. The molecule has 0 aromatic carbocycles. The highest BCUT2D eigenvalue weighted by Gasteiger charge is 1.94. The predicted molar refractivity (Wildman–Crippen MR) is 60.2 cm³/mol. The van der Waals surface area contributed by atoms with Crippen molar-refractivity contribution in [2.45, 2.75) is 13.8 Å². The lowest BCUT2D eigenvalue weighted by Gasteiger charge is -2.01. The van der Waals surface area contributed by atoms with E-state index in [1.807, 2.05) is 38.2 Å². The summed E-state index contributed by atoms with van der Waals surface area (Å²) >= 11 is 0. The van der Waals surface area contributed by atoms with Gasteiger partial charge in [-0.15, -0.1) is 0 Å². The third-order valence-electron chi connectivity index (χ3n) is 1.38. The maximum Gasteiger partial charge on any atom is 0.0389 e. The van der Waals surface area contributed by atoms with Gasteiger partial charge in [0.15, 0.2) is 0 Å². The monoisotopic (exact) mass is 175 g/mol. The summed E-state index contributed by atoms with van der Waals surface area (Å²) < 4.78 is 0. The van der Waals surface area contributed by atoms with Gasteiger partial charge in [0.25, 0.3) is 0 Å². The predicted octanol–water partition coefficient (Wildman–Crippen LogP) is 3.09. The SMILES string of the molecule is C=C/C=C(\C=C/C)C(/N)=C/C(=C)C. The van der Waals surface area contributed by atoms with Crippen molar-refractivity contribution in [3.05, 3.63) is 60.4 Å². The van der Waals surface area contributed by atoms with E-state index in [0.29, 0.717) is 5.70 Å². The van der Waals surface area contributed by atoms with E-state index in [4.69, 9.17) is 5.73 Å². The van der Waals surface area contributed by atoms with E-state index in [9.17, 15) is 0 Å². The lowest BCUT2D eigenvalue weighted by atomic mass is 10.1. The average molecular weight is 175 g/mol. The Bertz CT molecular complexity index is 277. The van der Waals surface area contributed by atoms with Crippen molar-refractivity contribution in [3.8, 4) is 0 Å². The van der Waals surface area contributed by atoms with E-state index in [2.05, 4.69) is 13.2 Å². The first kappa shape index (κ1) is 11.5. The molecule has 70 valence electrons. The molecule has 13 heavy (non-hydrogen) atoms. The van der Waals surface area contributed by atoms with Crippen LogP contribution < -0.4 is 5.73 Å². The van der Waals surface area contributed by atoms with Crippen LogP contribution in [0.15, 0.2) is 60.4 Å². The standard InChI is InChI=1S/C12H17N/c1-5-7-11(8-6-2)12(13)9-10(3)4/h5-9H,1,3,13H2,2,4H3/b8-6-,11-7+,12-9-. The van der Waals surface area contributed by atoms with Crippen LogP contribution in [0, 0.1) is 0 Å². The summed E-state index contributed by atoms with van der Waals surface area (Å²) in [6.07, 6.45) is 9.31. The van der Waals surface area contributed by atoms with Crippen molar-refractivity contribution < 1.29 is 0 Å². The maximum atomic E-state index is 5.82. The lowest BCUT2D eigenvalue weighted by Crippen LogP contribution is -1.99. The maximum absolute atomic E-state index is 5.82. The summed E-state index contributed by atoms with van der Waals surface area (Å²) in [6, 6.07) is 0. The topological polar surface area (TPSA) is 26.0 Å². The molecule has 0 fully saturated rings. The molecule has 0 atom stereocenters. The van der Waals surface area contributed by atoms with Crippen LogP contribution >= 0.6 is 0 Å². The Morgan fingerprint density at radius 1 is 1.38 bits per heavy atom. The molecule has 0 radical (unpaired) electrons. The summed E-state index contributed by atoms with van der Waals surface area (Å²) in [7, 11) is 0. The molecule has 0 heterocycles. The van der Waals surface area contributed by atoms with Crippen LogP contribution in [0.2, 0.25) is 0 Å². The number of rotatable bonds is 4. The second-order valence-corrected chi connectivity index (χ2v) is 2.80. The highest BCUT2D eigenvalue weighted by molar-refractivity contribution is 5.42. The minimum Gasteiger partial charge on any atom is -0.398 e. The van der Waals surface area contributed by atoms with E-state index in [1.165, 1.54) is 0 Å². The highest BCUT2D eigenvalue weighted by Crippen LogP contribution is 2.08. The Morgan fingerprint density at radius 3 is 2.38 bits per heavy atom. The molecule has 0 aliphatic rings. The number of hydrogen-bond acceptors (Lipinski definition) is 1. The fourth-order valence-corrected chi connectivity index (χ4v) is 0.903. The van der Waals surface area contributed by atoms with E-state index in [-0.39, 0.29) is 0 Å². The molecule has 2 N–H and O–H groups in total. The van der Waals surface area contributed by atoms with Gasteiger partial charge < -0.3 is 5.73 Å². The van der Waals surface area contributed by atoms with Crippen LogP contribution in [0.4, 0.5) is 0 Å². The Hall–Kier alpha value is -1.50. The summed E-state index contributed by atoms with van der Waals surface area (Å²) in [6.45, 7) is 11.3. The van der Waals surface area contributed by atoms with E-state index in [0.717, 1.165) is 11.1 Å². The number of allylic oxidation sites excluding steroid dienone is 6. The molecular formula is C12H17N. The van der Waals surface area contributed by atoms with Crippen molar-refractivity contribution in [3.63, 3.8) is 0 Å². The Labute approximate surface area is 80.6 Å². The van der Waals surface area contributed by atoms with Crippen molar-refractivity contribution in [2.24, 2.45) is 5.73 Å². The normalized spacial score (nSPS) is 13.4. The summed E-state index contributed by atoms with van der Waals surface area (Å²) in [5.74, 6) is 0. The summed E-state index contributed by atoms with van der Waals surface area (Å²) in [4.78, 5) is 0. The quantitative estimate of drug-likeness (QED) is 0.653. The lowest BCUT2D eigenvalue weighted by molar-refractivity contribution is 1.32. The van der Waals surface area contributed by atoms with Crippen LogP contribution in [0.25, 0.3) is 0 Å². The third-order valence-corrected chi connectivity index (χ3v) is 1.38. The third kappa shape index (κ3) is 4.86. The van der Waals surface area contributed by atoms with Gasteiger partial charge in [-0.05, 0) is 25.5 Å². The van der Waals surface area contributed by atoms with Crippen LogP contribution in [0.5, 0.6) is 0 Å². The van der Waals surface area contributed by atoms with Crippen LogP contribution in [-0.4, -0.2) is 0 Å². The minimum absolute atomic E-state index is 0.713. The average Bonchev–Trinajstić information content (AvgIpc) is 2.02.